The molecule has 4 heteroatoms. The number of rotatable bonds is 1. The van der Waals surface area contributed by atoms with Crippen molar-refractivity contribution in [3.05, 3.63) is 28.7 Å². The average molecular weight is 176 g/mol. The van der Waals surface area contributed by atoms with Crippen molar-refractivity contribution in [1.82, 2.24) is 5.16 Å². The molecule has 0 aromatic carbocycles. The molecule has 0 aliphatic carbocycles. The first-order valence-electron chi connectivity index (χ1n) is 3.29. The lowest BCUT2D eigenvalue weighted by Gasteiger charge is -1.82. The predicted octanol–water partition coefficient (Wildman–Crippen LogP) is 2.27. The maximum atomic E-state index is 8.47. The Bertz CT molecular complexity index is 410. The van der Waals surface area contributed by atoms with Gasteiger partial charge in [0.05, 0.1) is 0 Å². The van der Waals surface area contributed by atoms with Crippen LogP contribution in [0.1, 0.15) is 5.76 Å². The van der Waals surface area contributed by atoms with E-state index in [0.717, 1.165) is 5.56 Å². The molecule has 12 heavy (non-hydrogen) atoms. The van der Waals surface area contributed by atoms with Gasteiger partial charge in [0.2, 0.25) is 5.76 Å². The Morgan fingerprint density at radius 1 is 1.58 bits per heavy atom. The summed E-state index contributed by atoms with van der Waals surface area (Å²) in [6.07, 6.45) is 0. The number of thiophene rings is 1. The van der Waals surface area contributed by atoms with E-state index in [1.54, 1.807) is 17.4 Å². The van der Waals surface area contributed by atoms with E-state index in [2.05, 4.69) is 5.16 Å². The molecule has 3 nitrogen and oxygen atoms in total. The third-order valence-electron chi connectivity index (χ3n) is 1.44. The predicted molar refractivity (Wildman–Crippen MR) is 44.5 cm³/mol. The van der Waals surface area contributed by atoms with E-state index < -0.39 is 0 Å². The summed E-state index contributed by atoms with van der Waals surface area (Å²) in [5.74, 6) is 0.246. The van der Waals surface area contributed by atoms with Crippen molar-refractivity contribution in [2.45, 2.75) is 0 Å². The molecule has 0 bridgehead atoms. The van der Waals surface area contributed by atoms with Gasteiger partial charge in [-0.1, -0.05) is 5.16 Å². The smallest absolute Gasteiger partial charge is 0.236 e. The van der Waals surface area contributed by atoms with Crippen molar-refractivity contribution >= 4 is 11.3 Å². The lowest BCUT2D eigenvalue weighted by molar-refractivity contribution is 0.412. The molecule has 2 heterocycles. The van der Waals surface area contributed by atoms with E-state index in [1.807, 2.05) is 22.9 Å². The zero-order valence-corrected chi connectivity index (χ0v) is 6.84. The summed E-state index contributed by atoms with van der Waals surface area (Å²) in [4.78, 5) is 0. The minimum atomic E-state index is 0.246. The molecular weight excluding hydrogens is 172 g/mol. The van der Waals surface area contributed by atoms with E-state index in [1.165, 1.54) is 0 Å². The van der Waals surface area contributed by atoms with Crippen molar-refractivity contribution in [3.63, 3.8) is 0 Å². The van der Waals surface area contributed by atoms with Gasteiger partial charge in [0.25, 0.3) is 0 Å². The Hall–Kier alpha value is -1.60. The minimum absolute atomic E-state index is 0.246. The second kappa shape index (κ2) is 2.80. The Kier molecular flexibility index (Phi) is 1.65. The van der Waals surface area contributed by atoms with Crippen molar-refractivity contribution in [2.24, 2.45) is 0 Å². The number of hydrogen-bond acceptors (Lipinski definition) is 4. The van der Waals surface area contributed by atoms with Gasteiger partial charge in [-0.15, -0.1) is 0 Å². The van der Waals surface area contributed by atoms with Crippen LogP contribution in [0.5, 0.6) is 0 Å². The highest BCUT2D eigenvalue weighted by Gasteiger charge is 2.04. The lowest BCUT2D eigenvalue weighted by atomic mass is 10.2. The summed E-state index contributed by atoms with van der Waals surface area (Å²) >= 11 is 1.59. The van der Waals surface area contributed by atoms with E-state index in [9.17, 15) is 0 Å². The standard InChI is InChI=1S/C8H4N2OS/c9-4-7-3-8(10-11-7)6-1-2-12-5-6/h1-3,5H. The molecular formula is C8H4N2OS. The van der Waals surface area contributed by atoms with Crippen LogP contribution in [-0.4, -0.2) is 5.16 Å². The first-order valence-corrected chi connectivity index (χ1v) is 4.24. The Balaban J connectivity index is 2.44. The van der Waals surface area contributed by atoms with Gasteiger partial charge in [-0.3, -0.25) is 0 Å². The van der Waals surface area contributed by atoms with Crippen LogP contribution in [0.15, 0.2) is 27.4 Å². The second-order valence-electron chi connectivity index (χ2n) is 2.20. The summed E-state index contributed by atoms with van der Waals surface area (Å²) < 4.78 is 4.73. The largest absolute Gasteiger partial charge is 0.345 e. The van der Waals surface area contributed by atoms with E-state index in [-0.39, 0.29) is 5.76 Å². The van der Waals surface area contributed by atoms with Crippen LogP contribution in [0, 0.1) is 11.3 Å². The highest BCUT2D eigenvalue weighted by molar-refractivity contribution is 7.08. The summed E-state index contributed by atoms with van der Waals surface area (Å²) in [6.45, 7) is 0. The molecule has 0 N–H and O–H groups in total. The molecule has 0 aliphatic rings. The van der Waals surface area contributed by atoms with Gasteiger partial charge in [-0.05, 0) is 11.4 Å². The molecule has 0 radical (unpaired) electrons. The molecule has 0 saturated carbocycles. The Morgan fingerprint density at radius 3 is 3.08 bits per heavy atom. The van der Waals surface area contributed by atoms with Crippen LogP contribution in [0.2, 0.25) is 0 Å². The molecule has 2 aromatic heterocycles. The van der Waals surface area contributed by atoms with Crippen molar-refractivity contribution < 1.29 is 4.52 Å². The zero-order chi connectivity index (χ0) is 8.39. The van der Waals surface area contributed by atoms with Gasteiger partial charge >= 0.3 is 0 Å². The first-order chi connectivity index (χ1) is 5.90. The highest BCUT2D eigenvalue weighted by Crippen LogP contribution is 2.20. The summed E-state index contributed by atoms with van der Waals surface area (Å²) in [6, 6.07) is 5.44. The van der Waals surface area contributed by atoms with Crippen LogP contribution in [-0.2, 0) is 0 Å². The molecule has 58 valence electrons. The van der Waals surface area contributed by atoms with Crippen LogP contribution in [0.3, 0.4) is 0 Å². The van der Waals surface area contributed by atoms with Gasteiger partial charge in [0.15, 0.2) is 0 Å². The van der Waals surface area contributed by atoms with Crippen LogP contribution >= 0.6 is 11.3 Å². The fourth-order valence-corrected chi connectivity index (χ4v) is 1.52. The van der Waals surface area contributed by atoms with E-state index >= 15 is 0 Å². The Labute approximate surface area is 72.9 Å². The summed E-state index contributed by atoms with van der Waals surface area (Å²) in [5.41, 5.74) is 1.71. The first kappa shape index (κ1) is 7.07. The average Bonchev–Trinajstić information content (AvgIpc) is 2.75. The second-order valence-corrected chi connectivity index (χ2v) is 2.98. The van der Waals surface area contributed by atoms with Gasteiger partial charge in [-0.25, -0.2) is 0 Å². The van der Waals surface area contributed by atoms with Crippen LogP contribution in [0.4, 0.5) is 0 Å². The molecule has 0 fully saturated rings. The van der Waals surface area contributed by atoms with E-state index in [4.69, 9.17) is 9.78 Å². The quantitative estimate of drug-likeness (QED) is 0.669. The number of hydrogen-bond donors (Lipinski definition) is 0. The lowest BCUT2D eigenvalue weighted by Crippen LogP contribution is -1.68. The van der Waals surface area contributed by atoms with Crippen LogP contribution in [0.25, 0.3) is 11.3 Å². The fraction of sp³-hybridized carbons (Fsp3) is 0. The number of aromatic nitrogens is 1. The minimum Gasteiger partial charge on any atom is -0.345 e. The molecule has 0 aliphatic heterocycles. The molecule has 2 rings (SSSR count). The van der Waals surface area contributed by atoms with Crippen molar-refractivity contribution in [1.29, 1.82) is 5.26 Å². The monoisotopic (exact) mass is 176 g/mol. The fourth-order valence-electron chi connectivity index (χ4n) is 0.874. The molecule has 0 unspecified atom stereocenters. The summed E-state index contributed by atoms with van der Waals surface area (Å²) in [5, 5.41) is 16.1. The third-order valence-corrected chi connectivity index (χ3v) is 2.12. The number of nitrogens with zero attached hydrogens (tertiary/aromatic N) is 2. The van der Waals surface area contributed by atoms with Gasteiger partial charge in [0, 0.05) is 17.0 Å². The molecule has 0 saturated heterocycles. The topological polar surface area (TPSA) is 49.8 Å². The van der Waals surface area contributed by atoms with Crippen molar-refractivity contribution in [2.75, 3.05) is 0 Å². The SMILES string of the molecule is N#Cc1cc(-c2ccsc2)no1. The van der Waals surface area contributed by atoms with Crippen LogP contribution < -0.4 is 0 Å². The molecule has 0 atom stereocenters. The molecule has 0 amide bonds. The zero-order valence-electron chi connectivity index (χ0n) is 6.02. The molecule has 0 spiro atoms. The van der Waals surface area contributed by atoms with Crippen molar-refractivity contribution in [3.8, 4) is 17.3 Å². The maximum absolute atomic E-state index is 8.47. The Morgan fingerprint density at radius 2 is 2.50 bits per heavy atom. The highest BCUT2D eigenvalue weighted by atomic mass is 32.1. The normalized spacial score (nSPS) is 9.58. The molecule has 2 aromatic rings. The van der Waals surface area contributed by atoms with Gasteiger partial charge < -0.3 is 4.52 Å². The number of nitriles is 1. The third kappa shape index (κ3) is 1.11. The van der Waals surface area contributed by atoms with Gasteiger partial charge in [0.1, 0.15) is 11.8 Å². The van der Waals surface area contributed by atoms with E-state index in [0.29, 0.717) is 5.69 Å². The summed E-state index contributed by atoms with van der Waals surface area (Å²) in [7, 11) is 0. The van der Waals surface area contributed by atoms with Gasteiger partial charge in [-0.2, -0.15) is 16.6 Å². The maximum Gasteiger partial charge on any atom is 0.236 e.